The minimum absolute atomic E-state index is 0.00689. The molecule has 0 unspecified atom stereocenters. The summed E-state index contributed by atoms with van der Waals surface area (Å²) in [6, 6.07) is 6.74. The standard InChI is InChI=1S/C12H19N3O2S/c1-3-15(9-8-12(13)14)18(16,17)11-6-4-10(2)5-7-11/h4-7H,3,8-9H2,1-2H3,(H3,13,14). The summed E-state index contributed by atoms with van der Waals surface area (Å²) < 4.78 is 25.9. The van der Waals surface area contributed by atoms with Crippen LogP contribution in [0.25, 0.3) is 0 Å². The average molecular weight is 269 g/mol. The number of nitrogens with zero attached hydrogens (tertiary/aromatic N) is 1. The van der Waals surface area contributed by atoms with Gasteiger partial charge in [0.2, 0.25) is 10.0 Å². The lowest BCUT2D eigenvalue weighted by Crippen LogP contribution is -2.33. The lowest BCUT2D eigenvalue weighted by atomic mass is 10.2. The van der Waals surface area contributed by atoms with Gasteiger partial charge < -0.3 is 5.73 Å². The quantitative estimate of drug-likeness (QED) is 0.603. The number of amidine groups is 1. The second-order valence-electron chi connectivity index (χ2n) is 4.08. The van der Waals surface area contributed by atoms with E-state index in [2.05, 4.69) is 0 Å². The van der Waals surface area contributed by atoms with E-state index in [1.807, 2.05) is 6.92 Å². The average Bonchev–Trinajstić information content (AvgIpc) is 2.29. The summed E-state index contributed by atoms with van der Waals surface area (Å²) in [6.07, 6.45) is 0.249. The summed E-state index contributed by atoms with van der Waals surface area (Å²) >= 11 is 0. The van der Waals surface area contributed by atoms with Crippen molar-refractivity contribution in [2.45, 2.75) is 25.2 Å². The van der Waals surface area contributed by atoms with Gasteiger partial charge in [0.15, 0.2) is 0 Å². The van der Waals surface area contributed by atoms with Crippen LogP contribution in [0.1, 0.15) is 18.9 Å². The molecule has 1 aromatic carbocycles. The van der Waals surface area contributed by atoms with E-state index in [1.165, 1.54) is 4.31 Å². The minimum atomic E-state index is -3.48. The lowest BCUT2D eigenvalue weighted by Gasteiger charge is -2.20. The Hall–Kier alpha value is -1.40. The molecule has 0 spiro atoms. The highest BCUT2D eigenvalue weighted by atomic mass is 32.2. The van der Waals surface area contributed by atoms with E-state index in [1.54, 1.807) is 31.2 Å². The summed E-state index contributed by atoms with van der Waals surface area (Å²) in [5.41, 5.74) is 6.27. The summed E-state index contributed by atoms with van der Waals surface area (Å²) in [7, 11) is -3.48. The lowest BCUT2D eigenvalue weighted by molar-refractivity contribution is 0.436. The van der Waals surface area contributed by atoms with Gasteiger partial charge >= 0.3 is 0 Å². The maximum Gasteiger partial charge on any atom is 0.243 e. The van der Waals surface area contributed by atoms with E-state index in [4.69, 9.17) is 11.1 Å². The second kappa shape index (κ2) is 5.97. The zero-order valence-electron chi connectivity index (χ0n) is 10.7. The molecule has 0 fully saturated rings. The molecule has 0 heterocycles. The number of benzene rings is 1. The molecule has 0 amide bonds. The van der Waals surface area contributed by atoms with Gasteiger partial charge in [0.25, 0.3) is 0 Å². The first-order valence-electron chi connectivity index (χ1n) is 5.77. The van der Waals surface area contributed by atoms with Crippen LogP contribution >= 0.6 is 0 Å². The van der Waals surface area contributed by atoms with E-state index >= 15 is 0 Å². The SMILES string of the molecule is CCN(CCC(=N)N)S(=O)(=O)c1ccc(C)cc1. The van der Waals surface area contributed by atoms with Crippen molar-refractivity contribution in [3.8, 4) is 0 Å². The normalized spacial score (nSPS) is 11.7. The molecule has 0 aliphatic carbocycles. The van der Waals surface area contributed by atoms with Crippen molar-refractivity contribution in [2.75, 3.05) is 13.1 Å². The first-order valence-corrected chi connectivity index (χ1v) is 7.21. The number of aryl methyl sites for hydroxylation is 1. The Balaban J connectivity index is 2.95. The second-order valence-corrected chi connectivity index (χ2v) is 6.02. The van der Waals surface area contributed by atoms with Crippen LogP contribution in [0.5, 0.6) is 0 Å². The van der Waals surface area contributed by atoms with Gasteiger partial charge in [-0.25, -0.2) is 8.42 Å². The predicted octanol–water partition coefficient (Wildman–Crippen LogP) is 1.33. The fourth-order valence-corrected chi connectivity index (χ4v) is 3.00. The highest BCUT2D eigenvalue weighted by molar-refractivity contribution is 7.89. The Morgan fingerprint density at radius 2 is 1.89 bits per heavy atom. The molecule has 0 aliphatic heterocycles. The molecule has 0 aliphatic rings. The van der Waals surface area contributed by atoms with Crippen molar-refractivity contribution in [2.24, 2.45) is 5.73 Å². The fraction of sp³-hybridized carbons (Fsp3) is 0.417. The number of nitrogens with two attached hydrogens (primary N) is 1. The van der Waals surface area contributed by atoms with Gasteiger partial charge in [-0.15, -0.1) is 0 Å². The van der Waals surface area contributed by atoms with E-state index in [0.29, 0.717) is 6.54 Å². The van der Waals surface area contributed by atoms with Gasteiger partial charge in [0.1, 0.15) is 0 Å². The van der Waals surface area contributed by atoms with Crippen molar-refractivity contribution >= 4 is 15.9 Å². The highest BCUT2D eigenvalue weighted by Crippen LogP contribution is 2.16. The monoisotopic (exact) mass is 269 g/mol. The maximum absolute atomic E-state index is 12.3. The summed E-state index contributed by atoms with van der Waals surface area (Å²) in [5.74, 6) is -0.00689. The number of rotatable bonds is 6. The number of nitrogens with one attached hydrogen (secondary N) is 1. The molecule has 1 rings (SSSR count). The Morgan fingerprint density at radius 1 is 1.33 bits per heavy atom. The number of sulfonamides is 1. The van der Waals surface area contributed by atoms with Crippen LogP contribution < -0.4 is 5.73 Å². The Bertz CT molecular complexity index is 509. The van der Waals surface area contributed by atoms with Crippen LogP contribution in [0.4, 0.5) is 0 Å². The zero-order chi connectivity index (χ0) is 13.8. The zero-order valence-corrected chi connectivity index (χ0v) is 11.5. The molecule has 0 atom stereocenters. The molecular weight excluding hydrogens is 250 g/mol. The Kier molecular flexibility index (Phi) is 4.86. The first kappa shape index (κ1) is 14.7. The molecule has 3 N–H and O–H groups in total. The number of hydrogen-bond acceptors (Lipinski definition) is 3. The minimum Gasteiger partial charge on any atom is -0.388 e. The molecule has 100 valence electrons. The van der Waals surface area contributed by atoms with Crippen LogP contribution in [0.2, 0.25) is 0 Å². The van der Waals surface area contributed by atoms with Crippen LogP contribution in [-0.2, 0) is 10.0 Å². The van der Waals surface area contributed by atoms with Crippen molar-refractivity contribution in [1.82, 2.24) is 4.31 Å². The smallest absolute Gasteiger partial charge is 0.243 e. The van der Waals surface area contributed by atoms with E-state index in [9.17, 15) is 8.42 Å². The molecule has 0 bridgehead atoms. The third kappa shape index (κ3) is 3.54. The van der Waals surface area contributed by atoms with Crippen LogP contribution in [-0.4, -0.2) is 31.6 Å². The van der Waals surface area contributed by atoms with Gasteiger partial charge in [-0.1, -0.05) is 24.6 Å². The molecule has 0 radical (unpaired) electrons. The van der Waals surface area contributed by atoms with Gasteiger partial charge in [-0.05, 0) is 19.1 Å². The molecule has 0 saturated carbocycles. The summed E-state index contributed by atoms with van der Waals surface area (Å²) in [4.78, 5) is 0.276. The molecule has 6 heteroatoms. The van der Waals surface area contributed by atoms with Gasteiger partial charge in [-0.3, -0.25) is 5.41 Å². The van der Waals surface area contributed by atoms with Crippen LogP contribution in [0.3, 0.4) is 0 Å². The van der Waals surface area contributed by atoms with Crippen molar-refractivity contribution < 1.29 is 8.42 Å². The van der Waals surface area contributed by atoms with Crippen molar-refractivity contribution in [1.29, 1.82) is 5.41 Å². The Morgan fingerprint density at radius 3 is 2.33 bits per heavy atom. The molecule has 0 aromatic heterocycles. The summed E-state index contributed by atoms with van der Waals surface area (Å²) in [5, 5.41) is 7.16. The van der Waals surface area contributed by atoms with Gasteiger partial charge in [0, 0.05) is 19.5 Å². The van der Waals surface area contributed by atoms with E-state index in [0.717, 1.165) is 5.56 Å². The Labute approximate surface area is 108 Å². The molecule has 5 nitrogen and oxygen atoms in total. The fourth-order valence-electron chi connectivity index (χ4n) is 1.55. The topological polar surface area (TPSA) is 87.2 Å². The summed E-state index contributed by atoms with van der Waals surface area (Å²) in [6.45, 7) is 4.28. The molecule has 0 saturated heterocycles. The highest BCUT2D eigenvalue weighted by Gasteiger charge is 2.22. The third-order valence-corrected chi connectivity index (χ3v) is 4.63. The third-order valence-electron chi connectivity index (χ3n) is 2.64. The molecule has 18 heavy (non-hydrogen) atoms. The predicted molar refractivity (Wildman–Crippen MR) is 72.1 cm³/mol. The van der Waals surface area contributed by atoms with E-state index < -0.39 is 10.0 Å². The van der Waals surface area contributed by atoms with Crippen molar-refractivity contribution in [3.63, 3.8) is 0 Å². The van der Waals surface area contributed by atoms with E-state index in [-0.39, 0.29) is 23.7 Å². The first-order chi connectivity index (χ1) is 8.37. The van der Waals surface area contributed by atoms with Gasteiger partial charge in [0.05, 0.1) is 10.7 Å². The van der Waals surface area contributed by atoms with Crippen LogP contribution in [0, 0.1) is 12.3 Å². The molecular formula is C12H19N3O2S. The maximum atomic E-state index is 12.3. The largest absolute Gasteiger partial charge is 0.388 e. The van der Waals surface area contributed by atoms with Gasteiger partial charge in [-0.2, -0.15) is 4.31 Å². The van der Waals surface area contributed by atoms with Crippen LogP contribution in [0.15, 0.2) is 29.2 Å². The van der Waals surface area contributed by atoms with Crippen molar-refractivity contribution in [3.05, 3.63) is 29.8 Å². The number of hydrogen-bond donors (Lipinski definition) is 2. The molecule has 1 aromatic rings.